The van der Waals surface area contributed by atoms with Crippen molar-refractivity contribution < 1.29 is 141 Å². The van der Waals surface area contributed by atoms with Crippen LogP contribution in [0.4, 0.5) is 18.9 Å². The lowest BCUT2D eigenvalue weighted by Gasteiger charge is -2.48. The number of hydrogen-bond acceptors (Lipinski definition) is 30. The largest absolute Gasteiger partial charge is 0.573 e. The fourth-order valence-electron chi connectivity index (χ4n) is 14.9. The van der Waals surface area contributed by atoms with Crippen LogP contribution in [0.15, 0.2) is 122 Å². The fourth-order valence-corrected chi connectivity index (χ4v) is 15.4. The van der Waals surface area contributed by atoms with Crippen molar-refractivity contribution in [2.24, 2.45) is 11.7 Å². The number of rotatable bonds is 22. The number of amides is 9. The number of ether oxygens (including phenoxy) is 7. The van der Waals surface area contributed by atoms with Gasteiger partial charge < -0.3 is 138 Å². The van der Waals surface area contributed by atoms with Crippen molar-refractivity contribution in [1.82, 2.24) is 58.4 Å². The second-order valence-corrected chi connectivity index (χ2v) is 31.7. The van der Waals surface area contributed by atoms with Crippen LogP contribution < -0.4 is 83.4 Å². The Morgan fingerprint density at radius 3 is 2.02 bits per heavy atom. The molecule has 44 heteroatoms. The maximum Gasteiger partial charge on any atom is 0.573 e. The van der Waals surface area contributed by atoms with Crippen LogP contribution in [0.1, 0.15) is 121 Å². The van der Waals surface area contributed by atoms with E-state index in [-0.39, 0.29) is 59.8 Å². The summed E-state index contributed by atoms with van der Waals surface area (Å²) in [6.07, 6.45) is -22.5. The van der Waals surface area contributed by atoms with Crippen molar-refractivity contribution in [2.45, 2.75) is 169 Å². The molecule has 0 saturated carbocycles. The number of carbonyl (C=O) groups excluding carboxylic acids is 9. The zero-order chi connectivity index (χ0) is 91.2. The van der Waals surface area contributed by atoms with Crippen LogP contribution in [0.25, 0.3) is 11.1 Å². The quantitative estimate of drug-likeness (QED) is 0.0341. The van der Waals surface area contributed by atoms with Crippen molar-refractivity contribution in [3.05, 3.63) is 171 Å². The molecule has 0 aliphatic carbocycles. The van der Waals surface area contributed by atoms with E-state index in [1.54, 1.807) is 20.8 Å². The summed E-state index contributed by atoms with van der Waals surface area (Å²) in [5.41, 5.74) is 6.42. The first-order valence-corrected chi connectivity index (χ1v) is 39.9. The highest BCUT2D eigenvalue weighted by Crippen LogP contribution is 2.50. The van der Waals surface area contributed by atoms with E-state index in [1.807, 2.05) is 0 Å². The van der Waals surface area contributed by atoms with Crippen LogP contribution in [0.3, 0.4) is 0 Å². The van der Waals surface area contributed by atoms with Gasteiger partial charge in [0, 0.05) is 66.4 Å². The van der Waals surface area contributed by atoms with Crippen LogP contribution in [0.5, 0.6) is 51.7 Å². The summed E-state index contributed by atoms with van der Waals surface area (Å²) >= 11 is 14.3. The standard InChI is InChI=1S/C82H90Cl2F3N13O26/c1-33(2)17-48(89-5)73(113)98-63-65(107)37-10-13-52(46(83)20-37)121-54-22-39-23-55(69(54)125-80-70(68(110)67(109)56(32-102)123-80)124-58-28-81(4,71(111)34(3)120-58)91-30-35-18-40(31-90-29-35)72(112)93-41-7-6-8-43(24-41)126-82(85,86)87)122-53-14-11-38(21-47(53)84)66(108)64-78(118)97-62(79(119)100-92-15-16-101)45-25-42(103)26-51(105)59(45)44-19-36(9-12-50(44)104)60(75(115)99-64)96-76(116)61(39)95-74(114)49(27-57(88)106)94-77(63)117/h6-14,18-26,29,31,33-34,48-49,56,58,60-68,70-71,80,89,91-92,101-105,107-111H,15-17,27-28,30,32H2,1-5H3,(H2,88,106)(H,93,112)(H,94,117)(H,95,114)(H,96,116)(H,97,118)(H,98,113)(H,99,115)(H,100,119)/t34-,48+,49-,56+,58-,60+,61+,62+,63+,64-,65+,66+,67+,68-,70+,71+,80-,81-/m0/s1. The van der Waals surface area contributed by atoms with Gasteiger partial charge in [0.15, 0.2) is 23.9 Å². The number of carbonyl (C=O) groups is 9. The zero-order valence-corrected chi connectivity index (χ0v) is 68.8. The first-order valence-electron chi connectivity index (χ1n) is 39.2. The number of aliphatic hydroxyl groups excluding tert-OH is 7. The Hall–Kier alpha value is -11.9. The molecule has 0 spiro atoms. The third-order valence-corrected chi connectivity index (χ3v) is 21.9. The number of alkyl halides is 3. The summed E-state index contributed by atoms with van der Waals surface area (Å²) in [6, 6.07) is 5.07. The Morgan fingerprint density at radius 2 is 1.38 bits per heavy atom. The van der Waals surface area contributed by atoms with Crippen LogP contribution in [-0.4, -0.2) is 221 Å². The number of benzene rings is 6. The fraction of sp³-hybridized carbons (Fsp3) is 0.390. The smallest absolute Gasteiger partial charge is 0.508 e. The number of pyridine rings is 1. The third-order valence-electron chi connectivity index (χ3n) is 21.3. The maximum absolute atomic E-state index is 16.3. The number of anilines is 1. The Kier molecular flexibility index (Phi) is 29.1. The summed E-state index contributed by atoms with van der Waals surface area (Å²) in [5, 5.41) is 139. The number of nitrogens with two attached hydrogens (primary N) is 1. The number of fused-ring (bicyclic) bond motifs is 15. The Bertz CT molecular complexity index is 5300. The number of aliphatic hydroxyl groups is 7. The number of hydrogen-bond donors (Lipinski definition) is 22. The number of phenolic OH excluding ortho intramolecular Hbond substituents is 3. The van der Waals surface area contributed by atoms with Gasteiger partial charge in [-0.3, -0.25) is 53.6 Å². The predicted octanol–water partition coefficient (Wildman–Crippen LogP) is 2.01. The minimum absolute atomic E-state index is 0.0497. The molecule has 7 aromatic rings. The van der Waals surface area contributed by atoms with Gasteiger partial charge >= 0.3 is 6.36 Å². The lowest BCUT2D eigenvalue weighted by atomic mass is 9.84. The second-order valence-electron chi connectivity index (χ2n) is 30.9. The van der Waals surface area contributed by atoms with E-state index in [0.29, 0.717) is 5.56 Å². The molecule has 2 saturated heterocycles. The van der Waals surface area contributed by atoms with Crippen molar-refractivity contribution in [3.63, 3.8) is 0 Å². The summed E-state index contributed by atoms with van der Waals surface area (Å²) in [6.45, 7) is 4.60. The topological polar surface area (TPSA) is 592 Å². The van der Waals surface area contributed by atoms with Crippen LogP contribution in [0, 0.1) is 5.92 Å². The monoisotopic (exact) mass is 1800 g/mol. The summed E-state index contributed by atoms with van der Waals surface area (Å²) in [4.78, 5) is 138. The van der Waals surface area contributed by atoms with Crippen molar-refractivity contribution in [1.29, 1.82) is 0 Å². The van der Waals surface area contributed by atoms with Gasteiger partial charge in [0.2, 0.25) is 53.4 Å². The molecule has 1 aromatic heterocycles. The molecule has 0 radical (unpaired) electrons. The van der Waals surface area contributed by atoms with Gasteiger partial charge in [-0.15, -0.1) is 13.2 Å². The molecular formula is C82H90Cl2F3N13O26. The number of nitrogens with one attached hydrogen (secondary N) is 11. The lowest BCUT2D eigenvalue weighted by Crippen LogP contribution is -2.65. The van der Waals surface area contributed by atoms with Crippen LogP contribution >= 0.6 is 23.2 Å². The van der Waals surface area contributed by atoms with E-state index in [0.717, 1.165) is 84.9 Å². The van der Waals surface area contributed by atoms with E-state index in [9.17, 15) is 83.4 Å². The van der Waals surface area contributed by atoms with E-state index in [4.69, 9.17) is 57.4 Å². The number of hydrazine groups is 1. The molecule has 2 fully saturated rings. The molecule has 7 aliphatic rings. The third kappa shape index (κ3) is 21.5. The summed E-state index contributed by atoms with van der Waals surface area (Å²) in [5.74, 6) is -17.2. The van der Waals surface area contributed by atoms with Gasteiger partial charge in [0.1, 0.15) is 101 Å². The lowest BCUT2D eigenvalue weighted by molar-refractivity contribution is -0.334. The average molecular weight is 1800 g/mol. The molecule has 11 bridgehead atoms. The number of likely N-dealkylation sites (N-methyl/N-ethyl adjacent to an activating group) is 1. The van der Waals surface area contributed by atoms with Crippen LogP contribution in [-0.2, 0) is 59.1 Å². The van der Waals surface area contributed by atoms with E-state index >= 15 is 24.0 Å². The van der Waals surface area contributed by atoms with E-state index in [1.165, 1.54) is 50.6 Å². The zero-order valence-electron chi connectivity index (χ0n) is 67.3. The number of nitrogens with zero attached hydrogens (tertiary/aromatic N) is 1. The summed E-state index contributed by atoms with van der Waals surface area (Å²) in [7, 11) is 1.46. The Balaban J connectivity index is 1.01. The van der Waals surface area contributed by atoms with Crippen LogP contribution in [0.2, 0.25) is 10.0 Å². The van der Waals surface area contributed by atoms with E-state index in [2.05, 4.69) is 68.4 Å². The first-order chi connectivity index (χ1) is 59.7. The summed E-state index contributed by atoms with van der Waals surface area (Å²) < 4.78 is 82.6. The number of aromatic nitrogens is 1. The molecule has 18 atom stereocenters. The van der Waals surface area contributed by atoms with Gasteiger partial charge in [0.25, 0.3) is 11.8 Å². The minimum atomic E-state index is -5.03. The predicted molar refractivity (Wildman–Crippen MR) is 433 cm³/mol. The molecule has 39 nitrogen and oxygen atoms in total. The molecule has 7 aliphatic heterocycles. The minimum Gasteiger partial charge on any atom is -0.508 e. The molecule has 674 valence electrons. The molecule has 23 N–H and O–H groups in total. The molecule has 126 heavy (non-hydrogen) atoms. The molecular weight excluding hydrogens is 1710 g/mol. The highest BCUT2D eigenvalue weighted by atomic mass is 35.5. The maximum atomic E-state index is 16.3. The molecule has 9 amide bonds. The van der Waals surface area contributed by atoms with Gasteiger partial charge in [-0.25, -0.2) is 5.43 Å². The average Bonchev–Trinajstić information content (AvgIpc) is 0.769. The second kappa shape index (κ2) is 39.4. The molecule has 8 heterocycles. The molecule has 14 rings (SSSR count). The van der Waals surface area contributed by atoms with Crippen molar-refractivity contribution >= 4 is 82.1 Å². The Labute approximate surface area is 724 Å². The van der Waals surface area contributed by atoms with Crippen molar-refractivity contribution in [2.75, 3.05) is 32.1 Å². The SMILES string of the molecule is CN[C@H](CC(C)C)C(=O)N[C@H]1C(=O)N[C@@H](CC(N)=O)C(=O)N[C@H]2C(=O)N[C@H]3C(=O)N[C@H](C(=O)N[C@@H](C(=O)NNCCO)c4cc(O)cc(O)c4-c4cc3ccc4O)[C@H](O)c3ccc(c(Cl)c3)Oc3cc2cc(c3O[C@@H]2O[C@H](CO)[C@@H](O)[C@H](O)[C@H]2O[C@H]2C[C@](C)(NCc3cncc(C(=O)Nc4cccc(OC(F)(F)F)c4)c3)[C@H](O)[C@H](C)O2)Oc2ccc(cc2Cl)[C@H]1O. The van der Waals surface area contributed by atoms with Gasteiger partial charge in [0.05, 0.1) is 53.5 Å². The first kappa shape index (κ1) is 93.3. The number of phenols is 3. The molecule has 6 aromatic carbocycles. The normalized spacial score (nSPS) is 25.9. The number of aromatic hydroxyl groups is 3. The van der Waals surface area contributed by atoms with Gasteiger partial charge in [-0.2, -0.15) is 0 Å². The highest BCUT2D eigenvalue weighted by molar-refractivity contribution is 6.32. The molecule has 0 unspecified atom stereocenters. The highest BCUT2D eigenvalue weighted by Gasteiger charge is 2.53. The Morgan fingerprint density at radius 1 is 0.722 bits per heavy atom. The van der Waals surface area contributed by atoms with Gasteiger partial charge in [-0.1, -0.05) is 61.3 Å². The number of halogens is 5. The van der Waals surface area contributed by atoms with Gasteiger partial charge in [-0.05, 0) is 139 Å². The number of primary amides is 1. The van der Waals surface area contributed by atoms with Crippen molar-refractivity contribution in [3.8, 4) is 62.9 Å². The van der Waals surface area contributed by atoms with E-state index < -0.39 is 272 Å².